The molecule has 0 radical (unpaired) electrons. The molecule has 2 heterocycles. The number of benzene rings is 1. The van der Waals surface area contributed by atoms with E-state index < -0.39 is 59.2 Å². The van der Waals surface area contributed by atoms with Crippen molar-refractivity contribution in [3.05, 3.63) is 35.9 Å². The zero-order valence-corrected chi connectivity index (χ0v) is 33.3. The van der Waals surface area contributed by atoms with Crippen molar-refractivity contribution >= 4 is 29.5 Å². The van der Waals surface area contributed by atoms with E-state index in [-0.39, 0.29) is 42.3 Å². The Labute approximate surface area is 316 Å². The van der Waals surface area contributed by atoms with Gasteiger partial charge in [0.25, 0.3) is 0 Å². The van der Waals surface area contributed by atoms with Crippen molar-refractivity contribution in [2.24, 2.45) is 17.8 Å². The number of nitrogens with one attached hydrogen (secondary N) is 4. The molecule has 13 nitrogen and oxygen atoms in total. The molecule has 13 heteroatoms. The molecule has 9 atom stereocenters. The van der Waals surface area contributed by atoms with Crippen LogP contribution in [0.3, 0.4) is 0 Å². The second kappa shape index (κ2) is 19.8. The molecule has 0 unspecified atom stereocenters. The number of carboxylic acids is 1. The van der Waals surface area contributed by atoms with Crippen LogP contribution in [-0.2, 0) is 39.9 Å². The summed E-state index contributed by atoms with van der Waals surface area (Å²) in [5.41, 5.74) is -1.24. The molecule has 1 aromatic carbocycles. The van der Waals surface area contributed by atoms with Crippen molar-refractivity contribution in [3.63, 3.8) is 0 Å². The molecular formula is C40H65N5O8. The van der Waals surface area contributed by atoms with Gasteiger partial charge in [-0.05, 0) is 69.5 Å². The maximum atomic E-state index is 14.6. The number of hydrogen-bond donors (Lipinski definition) is 5. The number of ether oxygens (including phenoxy) is 2. The molecule has 0 aromatic heterocycles. The summed E-state index contributed by atoms with van der Waals surface area (Å²) in [7, 11) is 4.69. The molecule has 298 valence electrons. The summed E-state index contributed by atoms with van der Waals surface area (Å²) in [5, 5.41) is 22.4. The number of aliphatic carboxylic acids is 1. The Balaban J connectivity index is 1.85. The molecule has 53 heavy (non-hydrogen) atoms. The number of carbonyl (C=O) groups is 5. The molecular weight excluding hydrogens is 678 g/mol. The van der Waals surface area contributed by atoms with Gasteiger partial charge in [0.05, 0.1) is 29.7 Å². The molecule has 0 aliphatic carbocycles. The third-order valence-corrected chi connectivity index (χ3v) is 11.6. The Bertz CT molecular complexity index is 1380. The topological polar surface area (TPSA) is 175 Å². The van der Waals surface area contributed by atoms with Gasteiger partial charge in [-0.15, -0.1) is 0 Å². The number of piperidine rings is 1. The molecule has 3 rings (SSSR count). The smallest absolute Gasteiger partial charge is 0.326 e. The summed E-state index contributed by atoms with van der Waals surface area (Å²) in [6.45, 7) is 12.6. The van der Waals surface area contributed by atoms with E-state index in [1.807, 2.05) is 52.8 Å². The molecule has 1 aromatic rings. The standard InChI is InChI=1S/C40H65N5O8/c1-10-26(4)33(45(7)36(48)32(25(2)3)44-38(51)39(6)19-14-15-21-41-39)30(52-8)24-31(46)40(20-16-22-42-40)34(53-9)27(5)35(47)43-29(37(49)50)23-28-17-12-11-13-18-28/h11-13,17-18,25-27,29-30,32-34,41-42H,10,14-16,19-24H2,1-9H3,(H,43,47)(H,44,51)(H,49,50)/t26-,27+,29-,30+,32-,33-,34+,39-,40+/m0/s1. The van der Waals surface area contributed by atoms with E-state index in [0.29, 0.717) is 32.2 Å². The lowest BCUT2D eigenvalue weighted by atomic mass is 9.76. The second-order valence-electron chi connectivity index (χ2n) is 15.7. The number of ketones is 1. The van der Waals surface area contributed by atoms with Crippen LogP contribution in [0.2, 0.25) is 0 Å². The first-order chi connectivity index (χ1) is 25.1. The molecule has 0 saturated carbocycles. The minimum Gasteiger partial charge on any atom is -0.480 e. The molecule has 2 saturated heterocycles. The fraction of sp³-hybridized carbons (Fsp3) is 0.725. The van der Waals surface area contributed by atoms with Gasteiger partial charge in [0.15, 0.2) is 5.78 Å². The molecule has 0 spiro atoms. The molecule has 2 aliphatic heterocycles. The van der Waals surface area contributed by atoms with Gasteiger partial charge in [-0.1, -0.05) is 71.4 Å². The van der Waals surface area contributed by atoms with Gasteiger partial charge in [-0.25, -0.2) is 4.79 Å². The van der Waals surface area contributed by atoms with Crippen molar-refractivity contribution in [2.45, 2.75) is 134 Å². The number of carbonyl (C=O) groups excluding carboxylic acids is 4. The first kappa shape index (κ1) is 44.0. The van der Waals surface area contributed by atoms with Crippen LogP contribution in [0, 0.1) is 17.8 Å². The second-order valence-corrected chi connectivity index (χ2v) is 15.7. The van der Waals surface area contributed by atoms with Gasteiger partial charge in [-0.2, -0.15) is 0 Å². The van der Waals surface area contributed by atoms with E-state index in [1.165, 1.54) is 14.2 Å². The molecule has 0 bridgehead atoms. The zero-order valence-electron chi connectivity index (χ0n) is 33.3. The average molecular weight is 744 g/mol. The number of rotatable bonds is 20. The summed E-state index contributed by atoms with van der Waals surface area (Å²) < 4.78 is 12.0. The van der Waals surface area contributed by atoms with Gasteiger partial charge in [0, 0.05) is 34.1 Å². The van der Waals surface area contributed by atoms with Crippen molar-refractivity contribution in [3.8, 4) is 0 Å². The molecule has 5 N–H and O–H groups in total. The third kappa shape index (κ3) is 10.6. The minimum absolute atomic E-state index is 0.0726. The summed E-state index contributed by atoms with van der Waals surface area (Å²) in [5.74, 6) is -3.54. The minimum atomic E-state index is -1.25. The number of nitrogens with zero attached hydrogens (tertiary/aromatic N) is 1. The predicted octanol–water partition coefficient (Wildman–Crippen LogP) is 3.09. The van der Waals surface area contributed by atoms with Gasteiger partial charge in [0.1, 0.15) is 17.6 Å². The Morgan fingerprint density at radius 3 is 2.09 bits per heavy atom. The monoisotopic (exact) mass is 743 g/mol. The lowest BCUT2D eigenvalue weighted by Crippen LogP contribution is -2.64. The number of carboxylic acid groups (broad SMARTS) is 1. The summed E-state index contributed by atoms with van der Waals surface area (Å²) in [6.07, 6.45) is 2.78. The van der Waals surface area contributed by atoms with Crippen LogP contribution < -0.4 is 21.3 Å². The van der Waals surface area contributed by atoms with E-state index in [4.69, 9.17) is 9.47 Å². The highest BCUT2D eigenvalue weighted by Crippen LogP contribution is 2.34. The Hall–Kier alpha value is -3.39. The van der Waals surface area contributed by atoms with Crippen molar-refractivity contribution in [2.75, 3.05) is 34.4 Å². The van der Waals surface area contributed by atoms with E-state index in [1.54, 1.807) is 31.0 Å². The van der Waals surface area contributed by atoms with Crippen LogP contribution >= 0.6 is 0 Å². The normalized spacial score (nSPS) is 24.3. The zero-order chi connectivity index (χ0) is 39.5. The largest absolute Gasteiger partial charge is 0.480 e. The predicted molar refractivity (Wildman–Crippen MR) is 203 cm³/mol. The van der Waals surface area contributed by atoms with Crippen LogP contribution in [0.15, 0.2) is 30.3 Å². The van der Waals surface area contributed by atoms with Crippen LogP contribution in [0.1, 0.15) is 92.1 Å². The Morgan fingerprint density at radius 1 is 0.925 bits per heavy atom. The fourth-order valence-electron chi connectivity index (χ4n) is 8.11. The lowest BCUT2D eigenvalue weighted by Gasteiger charge is -2.43. The summed E-state index contributed by atoms with van der Waals surface area (Å²) >= 11 is 0. The third-order valence-electron chi connectivity index (χ3n) is 11.6. The maximum absolute atomic E-state index is 14.6. The van der Waals surface area contributed by atoms with E-state index in [2.05, 4.69) is 21.3 Å². The van der Waals surface area contributed by atoms with E-state index >= 15 is 0 Å². The van der Waals surface area contributed by atoms with Crippen molar-refractivity contribution in [1.82, 2.24) is 26.2 Å². The first-order valence-corrected chi connectivity index (χ1v) is 19.3. The number of likely N-dealkylation sites (N-methyl/N-ethyl adjacent to an activating group) is 1. The summed E-state index contributed by atoms with van der Waals surface area (Å²) in [4.78, 5) is 69.9. The highest BCUT2D eigenvalue weighted by atomic mass is 16.5. The fourth-order valence-corrected chi connectivity index (χ4v) is 8.11. The number of hydrogen-bond acceptors (Lipinski definition) is 9. The van der Waals surface area contributed by atoms with E-state index in [9.17, 15) is 29.1 Å². The van der Waals surface area contributed by atoms with E-state index in [0.717, 1.165) is 24.9 Å². The first-order valence-electron chi connectivity index (χ1n) is 19.3. The van der Waals surface area contributed by atoms with Crippen LogP contribution in [0.4, 0.5) is 0 Å². The SMILES string of the molecule is CC[C@H](C)[C@@H]([C@@H](CC(=O)[C@@]1([C@H](OC)[C@@H](C)C(=O)N[C@@H](Cc2ccccc2)C(=O)O)CCCN1)OC)N(C)C(=O)[C@@H](NC(=O)[C@]1(C)CCCCN1)C(C)C. The maximum Gasteiger partial charge on any atom is 0.326 e. The lowest BCUT2D eigenvalue weighted by molar-refractivity contribution is -0.148. The molecule has 2 fully saturated rings. The summed E-state index contributed by atoms with van der Waals surface area (Å²) in [6, 6.07) is 6.59. The van der Waals surface area contributed by atoms with Crippen LogP contribution in [0.5, 0.6) is 0 Å². The quantitative estimate of drug-likeness (QED) is 0.134. The van der Waals surface area contributed by atoms with Crippen molar-refractivity contribution in [1.29, 1.82) is 0 Å². The highest BCUT2D eigenvalue weighted by Gasteiger charge is 2.52. The number of methoxy groups -OCH3 is 2. The molecule has 2 aliphatic rings. The van der Waals surface area contributed by atoms with Gasteiger partial charge in [0.2, 0.25) is 17.7 Å². The van der Waals surface area contributed by atoms with Crippen molar-refractivity contribution < 1.29 is 38.6 Å². The van der Waals surface area contributed by atoms with Crippen LogP contribution in [0.25, 0.3) is 0 Å². The van der Waals surface area contributed by atoms with Gasteiger partial charge < -0.3 is 40.7 Å². The number of amides is 3. The number of Topliss-reactive ketones (excluding diaryl/α,β-unsaturated/α-hetero) is 1. The highest BCUT2D eigenvalue weighted by molar-refractivity contribution is 5.93. The molecule has 3 amide bonds. The van der Waals surface area contributed by atoms with Crippen LogP contribution in [-0.4, -0.2) is 115 Å². The Morgan fingerprint density at radius 2 is 1.58 bits per heavy atom. The average Bonchev–Trinajstić information content (AvgIpc) is 3.64. The van der Waals surface area contributed by atoms with Gasteiger partial charge >= 0.3 is 5.97 Å². The van der Waals surface area contributed by atoms with Gasteiger partial charge in [-0.3, -0.25) is 19.2 Å². The Kier molecular flexibility index (Phi) is 16.4.